The van der Waals surface area contributed by atoms with Crippen molar-refractivity contribution in [1.82, 2.24) is 9.71 Å². The van der Waals surface area contributed by atoms with E-state index in [4.69, 9.17) is 13.9 Å². The average molecular weight is 553 g/mol. The molecule has 0 fully saturated rings. The Bertz CT molecular complexity index is 1460. The molecule has 0 amide bonds. The third kappa shape index (κ3) is 7.38. The third-order valence-electron chi connectivity index (χ3n) is 5.97. The Hall–Kier alpha value is -3.40. The van der Waals surface area contributed by atoms with Crippen LogP contribution in [0.25, 0.3) is 22.1 Å². The molecule has 206 valence electrons. The van der Waals surface area contributed by atoms with Crippen LogP contribution in [0.3, 0.4) is 0 Å². The van der Waals surface area contributed by atoms with Crippen molar-refractivity contribution in [2.24, 2.45) is 0 Å². The summed E-state index contributed by atoms with van der Waals surface area (Å²) in [7, 11) is 0. The summed E-state index contributed by atoms with van der Waals surface area (Å²) in [4.78, 5) is 16.5. The molecule has 0 aliphatic heterocycles. The van der Waals surface area contributed by atoms with Gasteiger partial charge in [0.1, 0.15) is 22.7 Å². The number of rotatable bonds is 10. The van der Waals surface area contributed by atoms with Gasteiger partial charge in [0, 0.05) is 40.1 Å². The van der Waals surface area contributed by atoms with E-state index in [0.29, 0.717) is 41.1 Å². The number of carbonyl (C=O) groups excluding carboxylic acids is 1. The van der Waals surface area contributed by atoms with Gasteiger partial charge in [-0.05, 0) is 81.6 Å². The summed E-state index contributed by atoms with van der Waals surface area (Å²) in [6, 6.07) is 13.7. The number of pyridine rings is 1. The van der Waals surface area contributed by atoms with Crippen LogP contribution in [0, 0.1) is 12.9 Å². The number of furan rings is 1. The standard InChI is InChI=1S/C30H33FN2O5S/c1-6-36-28(34)16-22-8-7-19(2)11-26(22)37-18-20-12-23-15-27(31)38-29(23)25(13-20)21-9-10-32-24(14-21)17-33-39(35)30(3,4)5/h7-15,33H,6,16-18H2,1-5H3. The average Bonchev–Trinajstić information content (AvgIpc) is 3.26. The lowest BCUT2D eigenvalue weighted by atomic mass is 10.0. The van der Waals surface area contributed by atoms with Crippen LogP contribution >= 0.6 is 0 Å². The van der Waals surface area contributed by atoms with Crippen LogP contribution in [0.4, 0.5) is 4.39 Å². The molecule has 0 bridgehead atoms. The zero-order valence-electron chi connectivity index (χ0n) is 22.8. The second kappa shape index (κ2) is 12.2. The third-order valence-corrected chi connectivity index (χ3v) is 7.49. The summed E-state index contributed by atoms with van der Waals surface area (Å²) in [5, 5.41) is 0.602. The number of ether oxygens (including phenoxy) is 2. The van der Waals surface area contributed by atoms with E-state index in [-0.39, 0.29) is 19.0 Å². The first kappa shape index (κ1) is 28.6. The van der Waals surface area contributed by atoms with Crippen molar-refractivity contribution >= 4 is 28.3 Å². The second-order valence-corrected chi connectivity index (χ2v) is 12.3. The minimum Gasteiger partial charge on any atom is -0.598 e. The van der Waals surface area contributed by atoms with Crippen LogP contribution in [0.2, 0.25) is 0 Å². The van der Waals surface area contributed by atoms with Crippen molar-refractivity contribution in [2.45, 2.75) is 58.9 Å². The van der Waals surface area contributed by atoms with Gasteiger partial charge < -0.3 is 18.4 Å². The molecule has 1 unspecified atom stereocenters. The first-order valence-electron chi connectivity index (χ1n) is 12.7. The molecule has 2 heterocycles. The lowest BCUT2D eigenvalue weighted by Gasteiger charge is -2.23. The quantitative estimate of drug-likeness (QED) is 0.185. The van der Waals surface area contributed by atoms with E-state index in [2.05, 4.69) is 9.71 Å². The van der Waals surface area contributed by atoms with Crippen LogP contribution < -0.4 is 9.46 Å². The number of carbonyl (C=O) groups is 1. The lowest BCUT2D eigenvalue weighted by molar-refractivity contribution is -0.142. The number of halogens is 1. The van der Waals surface area contributed by atoms with Crippen LogP contribution in [0.5, 0.6) is 5.75 Å². The van der Waals surface area contributed by atoms with Gasteiger partial charge in [0.25, 0.3) is 6.01 Å². The van der Waals surface area contributed by atoms with E-state index in [9.17, 15) is 13.7 Å². The van der Waals surface area contributed by atoms with Crippen molar-refractivity contribution < 1.29 is 27.6 Å². The van der Waals surface area contributed by atoms with Gasteiger partial charge in [-0.2, -0.15) is 4.39 Å². The molecule has 4 rings (SSSR count). The summed E-state index contributed by atoms with van der Waals surface area (Å²) in [6.07, 6.45) is 1.77. The monoisotopic (exact) mass is 552 g/mol. The van der Waals surface area contributed by atoms with Crippen molar-refractivity contribution in [3.63, 3.8) is 0 Å². The smallest absolute Gasteiger partial charge is 0.310 e. The number of fused-ring (bicyclic) bond motifs is 1. The summed E-state index contributed by atoms with van der Waals surface area (Å²) in [5.41, 5.74) is 5.10. The largest absolute Gasteiger partial charge is 0.598 e. The first-order chi connectivity index (χ1) is 18.5. The lowest BCUT2D eigenvalue weighted by Crippen LogP contribution is -2.39. The molecule has 2 aromatic heterocycles. The first-order valence-corrected chi connectivity index (χ1v) is 13.9. The SMILES string of the molecule is CCOC(=O)Cc1ccc(C)cc1OCc1cc(-c2ccnc(CN[S+]([O-])C(C)(C)C)c2)c2oc(F)cc2c1. The van der Waals surface area contributed by atoms with E-state index in [1.165, 1.54) is 6.07 Å². The number of hydrogen-bond donors (Lipinski definition) is 1. The molecular formula is C30H33FN2O5S. The van der Waals surface area contributed by atoms with Crippen molar-refractivity contribution in [3.8, 4) is 16.9 Å². The van der Waals surface area contributed by atoms with Crippen LogP contribution in [-0.4, -0.2) is 26.9 Å². The predicted molar refractivity (Wildman–Crippen MR) is 150 cm³/mol. The van der Waals surface area contributed by atoms with E-state index >= 15 is 0 Å². The summed E-state index contributed by atoms with van der Waals surface area (Å²) in [5.74, 6) is 0.269. The number of aromatic nitrogens is 1. The number of nitrogens with zero attached hydrogens (tertiary/aromatic N) is 1. The fourth-order valence-corrected chi connectivity index (χ4v) is 4.76. The maximum atomic E-state index is 14.2. The number of benzene rings is 2. The fraction of sp³-hybridized carbons (Fsp3) is 0.333. The number of hydrogen-bond acceptors (Lipinski definition) is 7. The molecule has 0 aliphatic rings. The Balaban J connectivity index is 1.61. The number of esters is 1. The molecule has 1 atom stereocenters. The van der Waals surface area contributed by atoms with Crippen molar-refractivity contribution in [2.75, 3.05) is 6.61 Å². The fourth-order valence-electron chi connectivity index (χ4n) is 4.05. The highest BCUT2D eigenvalue weighted by Gasteiger charge is 2.26. The van der Waals surface area contributed by atoms with E-state index in [1.54, 1.807) is 13.1 Å². The van der Waals surface area contributed by atoms with E-state index in [1.807, 2.05) is 70.2 Å². The highest BCUT2D eigenvalue weighted by atomic mass is 32.2. The number of nitrogens with one attached hydrogen (secondary N) is 1. The molecule has 39 heavy (non-hydrogen) atoms. The molecule has 0 saturated heterocycles. The molecule has 9 heteroatoms. The second-order valence-electron chi connectivity index (χ2n) is 10.2. The van der Waals surface area contributed by atoms with E-state index < -0.39 is 22.1 Å². The molecule has 0 saturated carbocycles. The molecule has 0 aliphatic carbocycles. The molecule has 2 aromatic carbocycles. The Morgan fingerprint density at radius 3 is 2.69 bits per heavy atom. The Morgan fingerprint density at radius 1 is 1.15 bits per heavy atom. The maximum absolute atomic E-state index is 14.2. The molecule has 4 aromatic rings. The minimum atomic E-state index is -1.25. The normalized spacial score (nSPS) is 12.5. The van der Waals surface area contributed by atoms with Gasteiger partial charge in [-0.15, -0.1) is 4.72 Å². The summed E-state index contributed by atoms with van der Waals surface area (Å²) < 4.78 is 45.9. The Labute approximate surface area is 231 Å². The maximum Gasteiger partial charge on any atom is 0.310 e. The van der Waals surface area contributed by atoms with Crippen molar-refractivity contribution in [3.05, 3.63) is 83.1 Å². The van der Waals surface area contributed by atoms with Crippen LogP contribution in [-0.2, 0) is 40.5 Å². The highest BCUT2D eigenvalue weighted by molar-refractivity contribution is 7.90. The van der Waals surface area contributed by atoms with Crippen LogP contribution in [0.1, 0.15) is 50.1 Å². The zero-order valence-corrected chi connectivity index (χ0v) is 23.6. The molecular weight excluding hydrogens is 519 g/mol. The zero-order chi connectivity index (χ0) is 28.2. The van der Waals surface area contributed by atoms with Gasteiger partial charge in [0.2, 0.25) is 0 Å². The predicted octanol–water partition coefficient (Wildman–Crippen LogP) is 6.18. The van der Waals surface area contributed by atoms with Gasteiger partial charge in [0.05, 0.1) is 25.3 Å². The van der Waals surface area contributed by atoms with Gasteiger partial charge in [-0.3, -0.25) is 9.78 Å². The number of aryl methyl sites for hydroxylation is 1. The van der Waals surface area contributed by atoms with Gasteiger partial charge in [-0.25, -0.2) is 0 Å². The highest BCUT2D eigenvalue weighted by Crippen LogP contribution is 2.33. The van der Waals surface area contributed by atoms with Gasteiger partial charge in [0.15, 0.2) is 0 Å². The molecule has 1 N–H and O–H groups in total. The summed E-state index contributed by atoms with van der Waals surface area (Å²) >= 11 is -1.25. The summed E-state index contributed by atoms with van der Waals surface area (Å²) in [6.45, 7) is 10.2. The Morgan fingerprint density at radius 2 is 1.95 bits per heavy atom. The topological polar surface area (TPSA) is 96.7 Å². The Kier molecular flexibility index (Phi) is 8.94. The van der Waals surface area contributed by atoms with Gasteiger partial charge >= 0.3 is 5.97 Å². The van der Waals surface area contributed by atoms with Crippen LogP contribution in [0.15, 0.2) is 59.1 Å². The molecule has 0 radical (unpaired) electrons. The van der Waals surface area contributed by atoms with E-state index in [0.717, 1.165) is 22.3 Å². The van der Waals surface area contributed by atoms with Crippen molar-refractivity contribution in [1.29, 1.82) is 0 Å². The van der Waals surface area contributed by atoms with Gasteiger partial charge in [-0.1, -0.05) is 12.1 Å². The molecule has 0 spiro atoms. The molecule has 7 nitrogen and oxygen atoms in total. The minimum absolute atomic E-state index is 0.106.